The van der Waals surface area contributed by atoms with Gasteiger partial charge in [0.05, 0.1) is 52.9 Å². The number of carbonyl (C=O) groups is 4. The number of hydrogen-bond acceptors (Lipinski definition) is 30. The number of rotatable bonds is 51. The summed E-state index contributed by atoms with van der Waals surface area (Å²) in [6.45, 7) is -2.89. The van der Waals surface area contributed by atoms with Crippen LogP contribution in [0.15, 0.2) is 0 Å². The summed E-state index contributed by atoms with van der Waals surface area (Å²) < 4.78 is 57.0. The molecule has 4 heterocycles. The number of unbranched alkanes of at least 4 members (excludes halogenated alkanes) is 21. The predicted molar refractivity (Wildman–Crippen MR) is 358 cm³/mol. The summed E-state index contributed by atoms with van der Waals surface area (Å²) in [7, 11) is 0. The maximum absolute atomic E-state index is 13.9. The number of nitrogens with one attached hydrogen (secondary N) is 6. The van der Waals surface area contributed by atoms with Crippen molar-refractivity contribution in [3.8, 4) is 0 Å². The van der Waals surface area contributed by atoms with E-state index in [1.807, 2.05) is 0 Å². The maximum Gasteiger partial charge on any atom is 0.407 e. The molecule has 0 radical (unpaired) electrons. The van der Waals surface area contributed by atoms with Gasteiger partial charge in [0.25, 0.3) is 0 Å². The van der Waals surface area contributed by atoms with Crippen LogP contribution in [0.3, 0.4) is 0 Å². The van der Waals surface area contributed by atoms with Crippen LogP contribution >= 0.6 is 0 Å². The van der Waals surface area contributed by atoms with E-state index >= 15 is 0 Å². The first-order valence-electron chi connectivity index (χ1n) is 36.6. The third-order valence-corrected chi connectivity index (χ3v) is 18.5. The van der Waals surface area contributed by atoms with Crippen molar-refractivity contribution in [1.29, 1.82) is 0 Å². The summed E-state index contributed by atoms with van der Waals surface area (Å²) in [6.07, 6.45) is -15.0. The molecular weight excluding hydrogens is 1360 g/mol. The predicted octanol–water partition coefficient (Wildman–Crippen LogP) is -2.82. The molecule has 598 valence electrons. The molecule has 6 amide bonds. The third-order valence-electron chi connectivity index (χ3n) is 18.5. The van der Waals surface area contributed by atoms with Crippen LogP contribution in [0.2, 0.25) is 0 Å². The average Bonchev–Trinajstić information content (AvgIpc) is 0.815. The Bertz CT molecular complexity index is 2030. The number of aliphatic hydroxyl groups is 16. The molecule has 4 rings (SSSR count). The van der Waals surface area contributed by atoms with Crippen LogP contribution in [-0.4, -0.2) is 332 Å². The minimum absolute atomic E-state index is 0.0670. The first-order valence-corrected chi connectivity index (χ1v) is 36.6. The largest absolute Gasteiger partial charge is 0.447 e. The third kappa shape index (κ3) is 31.1. The number of urea groups is 2. The lowest BCUT2D eigenvalue weighted by molar-refractivity contribution is -0.314. The summed E-state index contributed by atoms with van der Waals surface area (Å²) >= 11 is 0. The Labute approximate surface area is 596 Å². The maximum atomic E-state index is 13.9. The van der Waals surface area contributed by atoms with E-state index in [0.29, 0.717) is 51.4 Å². The molecule has 0 aromatic carbocycles. The smallest absolute Gasteiger partial charge is 0.407 e. The molecule has 0 bridgehead atoms. The summed E-state index contributed by atoms with van der Waals surface area (Å²) in [5.41, 5.74) is -4.02. The molecule has 36 heteroatoms. The van der Waals surface area contributed by atoms with Gasteiger partial charge in [-0.15, -0.1) is 0 Å². The topological polar surface area (TPSA) is 556 Å². The molecule has 0 aliphatic carbocycles. The molecule has 4 aliphatic heterocycles. The van der Waals surface area contributed by atoms with E-state index in [9.17, 15) is 101 Å². The number of ether oxygens (including phenoxy) is 10. The van der Waals surface area contributed by atoms with Gasteiger partial charge in [0.15, 0.2) is 25.2 Å². The number of amides is 6. The fourth-order valence-electron chi connectivity index (χ4n) is 11.9. The van der Waals surface area contributed by atoms with Crippen molar-refractivity contribution in [3.63, 3.8) is 0 Å². The highest BCUT2D eigenvalue weighted by Crippen LogP contribution is 2.29. The van der Waals surface area contributed by atoms with Crippen LogP contribution in [0.25, 0.3) is 0 Å². The Morgan fingerprint density at radius 1 is 0.294 bits per heavy atom. The second kappa shape index (κ2) is 49.9. The highest BCUT2D eigenvalue weighted by Gasteiger charge is 2.51. The number of aliphatic hydroxyl groups excluding tert-OH is 16. The Morgan fingerprint density at radius 2 is 0.510 bits per heavy atom. The van der Waals surface area contributed by atoms with E-state index in [1.54, 1.807) is 0 Å². The van der Waals surface area contributed by atoms with E-state index in [4.69, 9.17) is 47.4 Å². The van der Waals surface area contributed by atoms with Gasteiger partial charge in [0.2, 0.25) is 0 Å². The lowest BCUT2D eigenvalue weighted by Gasteiger charge is -2.43. The zero-order valence-corrected chi connectivity index (χ0v) is 59.3. The zero-order valence-electron chi connectivity index (χ0n) is 59.3. The van der Waals surface area contributed by atoms with Crippen molar-refractivity contribution in [1.82, 2.24) is 31.9 Å². The highest BCUT2D eigenvalue weighted by atomic mass is 16.7. The quantitative estimate of drug-likeness (QED) is 0.0273. The van der Waals surface area contributed by atoms with Crippen molar-refractivity contribution in [3.05, 3.63) is 0 Å². The fourth-order valence-corrected chi connectivity index (χ4v) is 11.9. The van der Waals surface area contributed by atoms with E-state index in [1.165, 1.54) is 25.7 Å². The van der Waals surface area contributed by atoms with Crippen LogP contribution in [0.1, 0.15) is 168 Å². The SMILES string of the molecule is CCCCCCCCCCCNC(=O)OCC(CO[C@@H]1O[C@H](CO)[C@H](O)[C@H](O)[C@H]1O)(CO[C@@H]1O[C@H](CO)[C@H](O)[C@H](O)[C@H]1O)NC(=O)NCCCCCCCCNC(=O)NC(COC(=O)NCCCCCCCCCCC)(CO[C@@H]1O[C@H](CO)[C@H](O)[C@H](O)[C@H]1O)CO[C@@H]1O[C@H](CO)[C@H](O)[C@H](O)[C@H]1O. The molecule has 4 fully saturated rings. The van der Waals surface area contributed by atoms with Gasteiger partial charge in [0.1, 0.15) is 122 Å². The minimum atomic E-state index is -2.01. The van der Waals surface area contributed by atoms with Crippen molar-refractivity contribution >= 4 is 24.2 Å². The number of carbonyl (C=O) groups excluding carboxylic acids is 4. The van der Waals surface area contributed by atoms with Crippen LogP contribution in [0.5, 0.6) is 0 Å². The molecule has 0 aromatic rings. The number of alkyl carbamates (subject to hydrolysis) is 2. The van der Waals surface area contributed by atoms with E-state index < -0.39 is 224 Å². The van der Waals surface area contributed by atoms with E-state index in [0.717, 1.165) is 77.0 Å². The molecule has 0 spiro atoms. The molecule has 20 atom stereocenters. The van der Waals surface area contributed by atoms with Crippen LogP contribution in [-0.2, 0) is 47.4 Å². The van der Waals surface area contributed by atoms with Crippen molar-refractivity contribution in [2.75, 3.05) is 92.2 Å². The van der Waals surface area contributed by atoms with Gasteiger partial charge >= 0.3 is 24.2 Å². The highest BCUT2D eigenvalue weighted by molar-refractivity contribution is 5.75. The molecule has 4 saturated heterocycles. The zero-order chi connectivity index (χ0) is 75.0. The Hall–Kier alpha value is -3.88. The molecule has 102 heavy (non-hydrogen) atoms. The second-order valence-electron chi connectivity index (χ2n) is 27.1. The van der Waals surface area contributed by atoms with E-state index in [2.05, 4.69) is 45.7 Å². The Morgan fingerprint density at radius 3 is 0.735 bits per heavy atom. The summed E-state index contributed by atoms with van der Waals surface area (Å²) in [6, 6.07) is -1.76. The first-order chi connectivity index (χ1) is 48.9. The molecule has 0 saturated carbocycles. The van der Waals surface area contributed by atoms with Gasteiger partial charge in [0, 0.05) is 26.2 Å². The lowest BCUT2D eigenvalue weighted by atomic mass is 9.98. The monoisotopic (exact) mass is 1480 g/mol. The molecule has 36 nitrogen and oxygen atoms in total. The van der Waals surface area contributed by atoms with Gasteiger partial charge in [-0.2, -0.15) is 0 Å². The molecule has 22 N–H and O–H groups in total. The van der Waals surface area contributed by atoms with Crippen LogP contribution in [0, 0.1) is 0 Å². The van der Waals surface area contributed by atoms with Crippen molar-refractivity contribution < 1.29 is 148 Å². The molecule has 4 aliphatic rings. The van der Waals surface area contributed by atoms with Gasteiger partial charge in [-0.25, -0.2) is 19.2 Å². The average molecular weight is 1480 g/mol. The van der Waals surface area contributed by atoms with Crippen LogP contribution in [0.4, 0.5) is 19.2 Å². The van der Waals surface area contributed by atoms with Gasteiger partial charge in [-0.1, -0.05) is 142 Å². The summed E-state index contributed by atoms with van der Waals surface area (Å²) in [4.78, 5) is 54.4. The minimum Gasteiger partial charge on any atom is -0.447 e. The Kier molecular flexibility index (Phi) is 44.3. The molecule has 0 unspecified atom stereocenters. The normalized spacial score (nSPS) is 29.9. The van der Waals surface area contributed by atoms with Gasteiger partial charge in [-0.3, -0.25) is 0 Å². The summed E-state index contributed by atoms with van der Waals surface area (Å²) in [5.74, 6) is 0. The number of hydrogen-bond donors (Lipinski definition) is 22. The van der Waals surface area contributed by atoms with Crippen molar-refractivity contribution in [2.45, 2.75) is 302 Å². The Balaban J connectivity index is 1.41. The lowest BCUT2D eigenvalue weighted by Crippen LogP contribution is -2.65. The molecule has 0 aromatic heterocycles. The van der Waals surface area contributed by atoms with E-state index in [-0.39, 0.29) is 26.2 Å². The van der Waals surface area contributed by atoms with Gasteiger partial charge in [-0.05, 0) is 25.7 Å². The second-order valence-corrected chi connectivity index (χ2v) is 27.1. The summed E-state index contributed by atoms with van der Waals surface area (Å²) in [5, 5.41) is 183. The van der Waals surface area contributed by atoms with Crippen molar-refractivity contribution in [2.24, 2.45) is 0 Å². The van der Waals surface area contributed by atoms with Crippen LogP contribution < -0.4 is 31.9 Å². The first kappa shape index (κ1) is 90.5. The fraction of sp³-hybridized carbons (Fsp3) is 0.939. The standard InChI is InChI=1S/C66H124N6O30/c1-3-5-7-9-11-13-15-21-25-29-69-63(91)97-39-65(35-93-57-53(85)49(81)45(77)41(31-73)99-57,36-94-58-54(86)50(82)46(78)42(32-74)100-58)71-61(89)67-27-23-19-17-18-20-24-28-68-62(90)72-66(37-95-59-55(87)51(83)47(79)43(33-75)101-59,38-96-60-56(88)52(84)48(80)44(34-76)102-60)40-98-64(92)70-30-26-22-16-14-12-10-8-6-4-2/h41-60,73-88H,3-40H2,1-2H3,(H,69,91)(H,70,92)(H2,67,71,89)(H2,68,72,90)/t41-,42-,43-,44-,45+,46+,47+,48+,49+,50+,51+,52+,53-,54-,55-,56-,57-,58-,59-,60-/m1/s1. The van der Waals surface area contributed by atoms with Gasteiger partial charge < -0.3 is 161 Å². The molecular formula is C66H124N6O30.